The van der Waals surface area contributed by atoms with Gasteiger partial charge in [0.1, 0.15) is 0 Å². The Hall–Kier alpha value is -2.25. The molecule has 2 rings (SSSR count). The van der Waals surface area contributed by atoms with E-state index < -0.39 is 23.7 Å². The molecule has 0 radical (unpaired) electrons. The zero-order valence-electron chi connectivity index (χ0n) is 11.6. The van der Waals surface area contributed by atoms with Gasteiger partial charge < -0.3 is 15.3 Å². The van der Waals surface area contributed by atoms with Gasteiger partial charge in [0.15, 0.2) is 0 Å². The molecule has 1 fully saturated rings. The zero-order valence-corrected chi connectivity index (χ0v) is 11.6. The van der Waals surface area contributed by atoms with E-state index in [0.29, 0.717) is 12.8 Å². The molecule has 2 amide bonds. The minimum absolute atomic E-state index is 0.218. The summed E-state index contributed by atoms with van der Waals surface area (Å²) in [6.07, 6.45) is -4.97. The van der Waals surface area contributed by atoms with Crippen molar-refractivity contribution in [3.05, 3.63) is 35.4 Å². The van der Waals surface area contributed by atoms with Crippen molar-refractivity contribution in [1.82, 2.24) is 10.2 Å². The number of carbonyl (C=O) groups excluding carboxylic acids is 1. The Labute approximate surface area is 124 Å². The van der Waals surface area contributed by atoms with Gasteiger partial charge in [-0.05, 0) is 25.0 Å². The third kappa shape index (κ3) is 3.69. The van der Waals surface area contributed by atoms with Crippen molar-refractivity contribution in [2.45, 2.75) is 25.1 Å². The average Bonchev–Trinajstić information content (AvgIpc) is 2.46. The minimum Gasteiger partial charge on any atom is -0.465 e. The number of amides is 2. The lowest BCUT2D eigenvalue weighted by Gasteiger charge is -2.32. The van der Waals surface area contributed by atoms with Crippen LogP contribution in [0.15, 0.2) is 24.3 Å². The Morgan fingerprint density at radius 2 is 1.77 bits per heavy atom. The van der Waals surface area contributed by atoms with Crippen LogP contribution in [-0.2, 0) is 6.18 Å². The molecule has 22 heavy (non-hydrogen) atoms. The smallest absolute Gasteiger partial charge is 0.417 e. The van der Waals surface area contributed by atoms with Gasteiger partial charge in [0.05, 0.1) is 11.1 Å². The Morgan fingerprint density at radius 3 is 2.32 bits per heavy atom. The van der Waals surface area contributed by atoms with E-state index in [1.54, 1.807) is 0 Å². The molecule has 120 valence electrons. The summed E-state index contributed by atoms with van der Waals surface area (Å²) in [5, 5.41) is 10.9. The number of nitrogens with one attached hydrogen (secondary N) is 1. The first-order valence-corrected chi connectivity index (χ1v) is 6.74. The normalized spacial score (nSPS) is 16.4. The molecule has 2 N–H and O–H groups in total. The fourth-order valence-corrected chi connectivity index (χ4v) is 2.49. The molecule has 0 saturated carbocycles. The van der Waals surface area contributed by atoms with Gasteiger partial charge in [-0.25, -0.2) is 4.79 Å². The number of benzene rings is 1. The molecule has 0 bridgehead atoms. The molecule has 1 aromatic carbocycles. The molecule has 0 aliphatic carbocycles. The summed E-state index contributed by atoms with van der Waals surface area (Å²) in [6, 6.07) is 4.39. The van der Waals surface area contributed by atoms with Crippen LogP contribution in [0.25, 0.3) is 0 Å². The second-order valence-electron chi connectivity index (χ2n) is 5.06. The number of carboxylic acid groups (broad SMARTS) is 1. The van der Waals surface area contributed by atoms with E-state index >= 15 is 0 Å². The Bertz CT molecular complexity index is 567. The quantitative estimate of drug-likeness (QED) is 0.881. The maximum atomic E-state index is 12.9. The topological polar surface area (TPSA) is 69.6 Å². The highest BCUT2D eigenvalue weighted by molar-refractivity contribution is 5.96. The van der Waals surface area contributed by atoms with E-state index in [1.807, 2.05) is 0 Å². The first kappa shape index (κ1) is 16.1. The molecule has 1 saturated heterocycles. The number of hydrogen-bond acceptors (Lipinski definition) is 2. The van der Waals surface area contributed by atoms with E-state index in [0.717, 1.165) is 12.1 Å². The number of hydrogen-bond donors (Lipinski definition) is 2. The van der Waals surface area contributed by atoms with Crippen molar-refractivity contribution in [2.24, 2.45) is 0 Å². The highest BCUT2D eigenvalue weighted by atomic mass is 19.4. The van der Waals surface area contributed by atoms with Gasteiger partial charge in [-0.3, -0.25) is 4.79 Å². The molecule has 1 aromatic rings. The second kappa shape index (κ2) is 6.25. The maximum absolute atomic E-state index is 12.9. The standard InChI is InChI=1S/C14H15F3N2O3/c15-14(16,17)11-4-2-1-3-10(11)12(20)19-7-5-9(6-8-19)18-13(21)22/h1-4,9,18H,5-8H2,(H,21,22). The monoisotopic (exact) mass is 316 g/mol. The van der Waals surface area contributed by atoms with Crippen molar-refractivity contribution >= 4 is 12.0 Å². The van der Waals surface area contributed by atoms with Crippen LogP contribution >= 0.6 is 0 Å². The summed E-state index contributed by atoms with van der Waals surface area (Å²) in [7, 11) is 0. The lowest BCUT2D eigenvalue weighted by molar-refractivity contribution is -0.138. The van der Waals surface area contributed by atoms with Crippen LogP contribution in [0.3, 0.4) is 0 Å². The van der Waals surface area contributed by atoms with Crippen molar-refractivity contribution in [2.75, 3.05) is 13.1 Å². The molecule has 1 heterocycles. The van der Waals surface area contributed by atoms with E-state index in [1.165, 1.54) is 17.0 Å². The van der Waals surface area contributed by atoms with E-state index in [9.17, 15) is 22.8 Å². The summed E-state index contributed by atoms with van der Waals surface area (Å²) in [6.45, 7) is 0.436. The first-order valence-electron chi connectivity index (χ1n) is 6.74. The molecule has 1 aliphatic heterocycles. The Balaban J connectivity index is 2.09. The first-order chi connectivity index (χ1) is 10.3. The molecule has 0 aromatic heterocycles. The van der Waals surface area contributed by atoms with Crippen molar-refractivity contribution in [3.63, 3.8) is 0 Å². The van der Waals surface area contributed by atoms with Gasteiger partial charge >= 0.3 is 12.3 Å². The van der Waals surface area contributed by atoms with Gasteiger partial charge in [0.25, 0.3) is 5.91 Å². The zero-order chi connectivity index (χ0) is 16.3. The molecule has 1 aliphatic rings. The molecule has 0 atom stereocenters. The largest absolute Gasteiger partial charge is 0.465 e. The van der Waals surface area contributed by atoms with E-state index in [2.05, 4.69) is 5.32 Å². The molecular weight excluding hydrogens is 301 g/mol. The lowest BCUT2D eigenvalue weighted by Crippen LogP contribution is -2.46. The lowest BCUT2D eigenvalue weighted by atomic mass is 10.0. The molecular formula is C14H15F3N2O3. The number of likely N-dealkylation sites (tertiary alicyclic amines) is 1. The average molecular weight is 316 g/mol. The number of piperidine rings is 1. The maximum Gasteiger partial charge on any atom is 0.417 e. The van der Waals surface area contributed by atoms with E-state index in [-0.39, 0.29) is 24.7 Å². The van der Waals surface area contributed by atoms with Crippen molar-refractivity contribution in [1.29, 1.82) is 0 Å². The van der Waals surface area contributed by atoms with Gasteiger partial charge in [-0.1, -0.05) is 12.1 Å². The summed E-state index contributed by atoms with van der Waals surface area (Å²) in [5.74, 6) is -0.679. The van der Waals surface area contributed by atoms with Crippen LogP contribution in [0.2, 0.25) is 0 Å². The summed E-state index contributed by atoms with van der Waals surface area (Å²) in [5.41, 5.74) is -1.33. The number of rotatable bonds is 2. The second-order valence-corrected chi connectivity index (χ2v) is 5.06. The van der Waals surface area contributed by atoms with Gasteiger partial charge in [-0.2, -0.15) is 13.2 Å². The fourth-order valence-electron chi connectivity index (χ4n) is 2.49. The van der Waals surface area contributed by atoms with Crippen molar-refractivity contribution in [3.8, 4) is 0 Å². The predicted octanol–water partition coefficient (Wildman–Crippen LogP) is 2.58. The number of halogens is 3. The van der Waals surface area contributed by atoms with Crippen LogP contribution in [0, 0.1) is 0 Å². The predicted molar refractivity (Wildman–Crippen MR) is 71.5 cm³/mol. The molecule has 0 spiro atoms. The highest BCUT2D eigenvalue weighted by Gasteiger charge is 2.36. The summed E-state index contributed by atoms with van der Waals surface area (Å²) >= 11 is 0. The van der Waals surface area contributed by atoms with Gasteiger partial charge in [0.2, 0.25) is 0 Å². The van der Waals surface area contributed by atoms with Gasteiger partial charge in [0, 0.05) is 19.1 Å². The van der Waals surface area contributed by atoms with Crippen LogP contribution in [0.5, 0.6) is 0 Å². The third-order valence-corrected chi connectivity index (χ3v) is 3.57. The SMILES string of the molecule is O=C(O)NC1CCN(C(=O)c2ccccc2C(F)(F)F)CC1. The van der Waals surface area contributed by atoms with Crippen LogP contribution in [0.1, 0.15) is 28.8 Å². The van der Waals surface area contributed by atoms with Crippen LogP contribution < -0.4 is 5.32 Å². The van der Waals surface area contributed by atoms with Crippen LogP contribution in [-0.4, -0.2) is 41.1 Å². The number of nitrogens with zero attached hydrogens (tertiary/aromatic N) is 1. The Kier molecular flexibility index (Phi) is 4.58. The van der Waals surface area contributed by atoms with Crippen LogP contribution in [0.4, 0.5) is 18.0 Å². The molecule has 5 nitrogen and oxygen atoms in total. The third-order valence-electron chi connectivity index (χ3n) is 3.57. The minimum atomic E-state index is -4.59. The van der Waals surface area contributed by atoms with Gasteiger partial charge in [-0.15, -0.1) is 0 Å². The van der Waals surface area contributed by atoms with Crippen molar-refractivity contribution < 1.29 is 27.9 Å². The number of carbonyl (C=O) groups is 2. The van der Waals surface area contributed by atoms with E-state index in [4.69, 9.17) is 5.11 Å². The molecule has 8 heteroatoms. The highest BCUT2D eigenvalue weighted by Crippen LogP contribution is 2.32. The molecule has 0 unspecified atom stereocenters. The number of alkyl halides is 3. The Morgan fingerprint density at radius 1 is 1.18 bits per heavy atom. The summed E-state index contributed by atoms with van der Waals surface area (Å²) in [4.78, 5) is 24.2. The summed E-state index contributed by atoms with van der Waals surface area (Å²) < 4.78 is 38.8. The fraction of sp³-hybridized carbons (Fsp3) is 0.429.